The summed E-state index contributed by atoms with van der Waals surface area (Å²) in [5.74, 6) is 0. The van der Waals surface area contributed by atoms with Crippen LogP contribution in [0.4, 0.5) is 5.69 Å². The van der Waals surface area contributed by atoms with Gasteiger partial charge in [-0.05, 0) is 12.1 Å². The molecule has 0 aliphatic carbocycles. The molecule has 0 spiro atoms. The molecule has 0 aromatic heterocycles. The van der Waals surface area contributed by atoms with Crippen LogP contribution in [-0.2, 0) is 0 Å². The molecule has 0 amide bonds. The van der Waals surface area contributed by atoms with E-state index in [1.807, 2.05) is 48.5 Å². The van der Waals surface area contributed by atoms with Gasteiger partial charge in [-0.25, -0.2) is 0 Å². The van der Waals surface area contributed by atoms with E-state index in [9.17, 15) is 9.59 Å². The fraction of sp³-hybridized carbons (Fsp3) is 0. The first kappa shape index (κ1) is 12.1. The van der Waals surface area contributed by atoms with Crippen LogP contribution in [0.2, 0.25) is 0 Å². The highest BCUT2D eigenvalue weighted by atomic mass is 28.4. The molecule has 2 aromatic carbocycles. The van der Waals surface area contributed by atoms with Crippen LogP contribution < -0.4 is 9.42 Å². The van der Waals surface area contributed by atoms with E-state index in [1.54, 1.807) is 16.4 Å². The fourth-order valence-electron chi connectivity index (χ4n) is 1.69. The van der Waals surface area contributed by atoms with Crippen molar-refractivity contribution in [2.24, 2.45) is 0 Å². The molecule has 17 heavy (non-hydrogen) atoms. The van der Waals surface area contributed by atoms with Gasteiger partial charge in [0.1, 0.15) is 10.4 Å². The van der Waals surface area contributed by atoms with E-state index in [4.69, 9.17) is 0 Å². The zero-order valence-electron chi connectivity index (χ0n) is 9.62. The number of hydrogen-bond donors (Lipinski definition) is 2. The molecule has 0 heterocycles. The highest BCUT2D eigenvalue weighted by Gasteiger charge is 2.38. The molecule has 0 atom stereocenters. The lowest BCUT2D eigenvalue weighted by molar-refractivity contribution is 0.384. The Hall–Kier alpha value is -1.41. The quantitative estimate of drug-likeness (QED) is 0.739. The molecule has 0 bridgehead atoms. The Bertz CT molecular complexity index is 476. The Balaban J connectivity index is 2.33. The van der Waals surface area contributed by atoms with Gasteiger partial charge in [0.2, 0.25) is 0 Å². The number of anilines is 1. The SMILES string of the molecule is O[Si](O)(c1ccccc1)N([SiH3])c1ccccc1. The van der Waals surface area contributed by atoms with Crippen LogP contribution in [0.15, 0.2) is 60.7 Å². The number of hydrogen-bond acceptors (Lipinski definition) is 3. The maximum absolute atomic E-state index is 10.4. The Morgan fingerprint density at radius 3 is 1.82 bits per heavy atom. The van der Waals surface area contributed by atoms with E-state index in [1.165, 1.54) is 0 Å². The second-order valence-corrected chi connectivity index (χ2v) is 8.20. The van der Waals surface area contributed by atoms with Gasteiger partial charge in [0.05, 0.1) is 0 Å². The Morgan fingerprint density at radius 2 is 1.29 bits per heavy atom. The van der Waals surface area contributed by atoms with E-state index in [0.29, 0.717) is 15.6 Å². The average molecular weight is 261 g/mol. The predicted octanol–water partition coefficient (Wildman–Crippen LogP) is -0.396. The normalized spacial score (nSPS) is 11.4. The average Bonchev–Trinajstić information content (AvgIpc) is 2.40. The molecular formula is C12H15NO2Si2. The van der Waals surface area contributed by atoms with Crippen molar-refractivity contribution in [2.75, 3.05) is 4.23 Å². The molecule has 2 N–H and O–H groups in total. The highest BCUT2D eigenvalue weighted by molar-refractivity contribution is 6.87. The molecule has 0 aliphatic rings. The molecular weight excluding hydrogens is 246 g/mol. The third kappa shape index (κ3) is 2.47. The molecule has 0 radical (unpaired) electrons. The van der Waals surface area contributed by atoms with Gasteiger partial charge in [0.25, 0.3) is 0 Å². The molecule has 0 saturated carbocycles. The van der Waals surface area contributed by atoms with Crippen LogP contribution in [0, 0.1) is 0 Å². The fourth-order valence-corrected chi connectivity index (χ4v) is 4.30. The Kier molecular flexibility index (Phi) is 3.44. The second-order valence-electron chi connectivity index (χ2n) is 3.90. The van der Waals surface area contributed by atoms with Crippen molar-refractivity contribution in [1.29, 1.82) is 0 Å². The molecule has 0 saturated heterocycles. The standard InChI is InChI=1S/C12H15NO2Si2/c14-17(15,12-9-5-2-6-10-12)13(16)11-7-3-1-4-8-11/h1-10,14-15H,16H3. The first-order valence-electron chi connectivity index (χ1n) is 5.41. The molecule has 88 valence electrons. The molecule has 3 nitrogen and oxygen atoms in total. The number of para-hydroxylation sites is 1. The van der Waals surface area contributed by atoms with E-state index < -0.39 is 8.72 Å². The minimum atomic E-state index is -3.53. The number of benzene rings is 2. The zero-order chi connectivity index (χ0) is 12.3. The van der Waals surface area contributed by atoms with Crippen molar-refractivity contribution in [1.82, 2.24) is 0 Å². The van der Waals surface area contributed by atoms with Crippen molar-refractivity contribution in [3.63, 3.8) is 0 Å². The largest absolute Gasteiger partial charge is 0.480 e. The van der Waals surface area contributed by atoms with Gasteiger partial charge < -0.3 is 13.8 Å². The van der Waals surface area contributed by atoms with Crippen LogP contribution >= 0.6 is 0 Å². The molecule has 0 aliphatic heterocycles. The minimum absolute atomic E-state index is 0.565. The van der Waals surface area contributed by atoms with Gasteiger partial charge in [0, 0.05) is 10.9 Å². The summed E-state index contributed by atoms with van der Waals surface area (Å²) < 4.78 is 1.70. The number of nitrogens with zero attached hydrogens (tertiary/aromatic N) is 1. The van der Waals surface area contributed by atoms with Gasteiger partial charge in [0.15, 0.2) is 0 Å². The summed E-state index contributed by atoms with van der Waals surface area (Å²) in [6, 6.07) is 18.5. The van der Waals surface area contributed by atoms with Crippen molar-refractivity contribution in [3.8, 4) is 0 Å². The van der Waals surface area contributed by atoms with Crippen LogP contribution in [0.25, 0.3) is 0 Å². The third-order valence-electron chi connectivity index (χ3n) is 2.77. The Labute approximate surface area is 105 Å². The zero-order valence-corrected chi connectivity index (χ0v) is 12.6. The van der Waals surface area contributed by atoms with Crippen LogP contribution in [0.3, 0.4) is 0 Å². The summed E-state index contributed by atoms with van der Waals surface area (Å²) in [7, 11) is -2.96. The van der Waals surface area contributed by atoms with Crippen molar-refractivity contribution in [2.45, 2.75) is 0 Å². The highest BCUT2D eigenvalue weighted by Crippen LogP contribution is 2.15. The third-order valence-corrected chi connectivity index (χ3v) is 7.46. The molecule has 2 rings (SSSR count). The smallest absolute Gasteiger partial charge is 0.392 e. The van der Waals surface area contributed by atoms with Crippen molar-refractivity contribution >= 4 is 30.0 Å². The summed E-state index contributed by atoms with van der Waals surface area (Å²) in [6.45, 7) is 0. The molecule has 5 heteroatoms. The topological polar surface area (TPSA) is 43.7 Å². The van der Waals surface area contributed by atoms with Crippen LogP contribution in [0.1, 0.15) is 0 Å². The van der Waals surface area contributed by atoms with Crippen molar-refractivity contribution in [3.05, 3.63) is 60.7 Å². The maximum Gasteiger partial charge on any atom is 0.480 e. The number of rotatable bonds is 3. The summed E-state index contributed by atoms with van der Waals surface area (Å²) in [4.78, 5) is 20.7. The van der Waals surface area contributed by atoms with E-state index in [-0.39, 0.29) is 0 Å². The molecule has 0 unspecified atom stereocenters. The predicted molar refractivity (Wildman–Crippen MR) is 75.1 cm³/mol. The van der Waals surface area contributed by atoms with Gasteiger partial charge in [-0.1, -0.05) is 48.5 Å². The van der Waals surface area contributed by atoms with E-state index >= 15 is 0 Å². The monoisotopic (exact) mass is 261 g/mol. The van der Waals surface area contributed by atoms with Crippen LogP contribution in [0.5, 0.6) is 0 Å². The second kappa shape index (κ2) is 4.84. The van der Waals surface area contributed by atoms with Crippen LogP contribution in [-0.4, -0.2) is 28.7 Å². The summed E-state index contributed by atoms with van der Waals surface area (Å²) in [6.07, 6.45) is 0. The molecule has 0 fully saturated rings. The molecule has 2 aromatic rings. The summed E-state index contributed by atoms with van der Waals surface area (Å²) >= 11 is 0. The maximum atomic E-state index is 10.4. The minimum Gasteiger partial charge on any atom is -0.392 e. The summed E-state index contributed by atoms with van der Waals surface area (Å²) in [5.41, 5.74) is 0.861. The van der Waals surface area contributed by atoms with Crippen molar-refractivity contribution < 1.29 is 9.59 Å². The van der Waals surface area contributed by atoms with E-state index in [0.717, 1.165) is 5.69 Å². The van der Waals surface area contributed by atoms with Gasteiger partial charge in [-0.2, -0.15) is 0 Å². The lowest BCUT2D eigenvalue weighted by atomic mass is 10.3. The Morgan fingerprint density at radius 1 is 0.824 bits per heavy atom. The lowest BCUT2D eigenvalue weighted by Crippen LogP contribution is -2.63. The van der Waals surface area contributed by atoms with E-state index in [2.05, 4.69) is 0 Å². The summed E-state index contributed by atoms with van der Waals surface area (Å²) in [5, 5.41) is 0.610. The van der Waals surface area contributed by atoms with Gasteiger partial charge in [-0.3, -0.25) is 0 Å². The lowest BCUT2D eigenvalue weighted by Gasteiger charge is -2.31. The van der Waals surface area contributed by atoms with Gasteiger partial charge >= 0.3 is 8.72 Å². The van der Waals surface area contributed by atoms with Gasteiger partial charge in [-0.15, -0.1) is 0 Å². The first-order chi connectivity index (χ1) is 8.12. The first-order valence-corrected chi connectivity index (χ1v) is 8.15.